The topological polar surface area (TPSA) is 43.9 Å². The summed E-state index contributed by atoms with van der Waals surface area (Å²) >= 11 is 0. The zero-order valence-electron chi connectivity index (χ0n) is 23.7. The Kier molecular flexibility index (Phi) is 5.47. The molecule has 44 heavy (non-hydrogen) atoms. The summed E-state index contributed by atoms with van der Waals surface area (Å²) in [5.41, 5.74) is 9.76. The molecule has 9 rings (SSSR count). The van der Waals surface area contributed by atoms with Crippen LogP contribution in [-0.2, 0) is 0 Å². The molecule has 9 aromatic rings. The van der Waals surface area contributed by atoms with Crippen molar-refractivity contribution >= 4 is 43.7 Å². The average Bonchev–Trinajstić information content (AvgIpc) is 3.65. The summed E-state index contributed by atoms with van der Waals surface area (Å²) in [5, 5.41) is 4.49. The van der Waals surface area contributed by atoms with Gasteiger partial charge in [0.15, 0.2) is 5.82 Å². The van der Waals surface area contributed by atoms with Crippen molar-refractivity contribution in [2.24, 2.45) is 0 Å². The number of benzene rings is 6. The molecular weight excluding hydrogens is 538 g/mol. The first-order valence-corrected chi connectivity index (χ1v) is 14.8. The Labute approximate surface area is 253 Å². The van der Waals surface area contributed by atoms with Gasteiger partial charge in [0.2, 0.25) is 0 Å². The molecular formula is C40H25N3O. The van der Waals surface area contributed by atoms with Crippen molar-refractivity contribution in [2.75, 3.05) is 0 Å². The van der Waals surface area contributed by atoms with E-state index in [0.717, 1.165) is 72.1 Å². The van der Waals surface area contributed by atoms with Crippen LogP contribution in [0.5, 0.6) is 0 Å². The summed E-state index contributed by atoms with van der Waals surface area (Å²) in [7, 11) is 0. The van der Waals surface area contributed by atoms with Gasteiger partial charge in [-0.2, -0.15) is 0 Å². The second-order valence-corrected chi connectivity index (χ2v) is 11.0. The minimum absolute atomic E-state index is 0.634. The van der Waals surface area contributed by atoms with Crippen LogP contribution in [0.25, 0.3) is 83.3 Å². The van der Waals surface area contributed by atoms with Gasteiger partial charge in [-0.05, 0) is 42.5 Å². The molecule has 6 aromatic carbocycles. The van der Waals surface area contributed by atoms with Crippen LogP contribution in [-0.4, -0.2) is 14.5 Å². The highest BCUT2D eigenvalue weighted by Gasteiger charge is 2.20. The second kappa shape index (κ2) is 9.79. The minimum Gasteiger partial charge on any atom is -0.455 e. The number of furan rings is 1. The minimum atomic E-state index is 0.634. The summed E-state index contributed by atoms with van der Waals surface area (Å²) in [5.74, 6) is 0.634. The third-order valence-corrected chi connectivity index (χ3v) is 8.43. The fourth-order valence-electron chi connectivity index (χ4n) is 6.47. The van der Waals surface area contributed by atoms with Crippen LogP contribution >= 0.6 is 0 Å². The molecule has 0 aliphatic rings. The molecule has 4 nitrogen and oxygen atoms in total. The highest BCUT2D eigenvalue weighted by molar-refractivity contribution is 6.15. The zero-order chi connectivity index (χ0) is 29.0. The van der Waals surface area contributed by atoms with Gasteiger partial charge < -0.3 is 8.98 Å². The summed E-state index contributed by atoms with van der Waals surface area (Å²) in [6.07, 6.45) is 0. The molecule has 3 aromatic heterocycles. The first-order valence-electron chi connectivity index (χ1n) is 14.8. The molecule has 4 heteroatoms. The van der Waals surface area contributed by atoms with E-state index in [-0.39, 0.29) is 0 Å². The summed E-state index contributed by atoms with van der Waals surface area (Å²) in [6, 6.07) is 52.4. The lowest BCUT2D eigenvalue weighted by atomic mass is 10.0. The lowest BCUT2D eigenvalue weighted by Gasteiger charge is -2.11. The van der Waals surface area contributed by atoms with E-state index < -0.39 is 0 Å². The molecule has 0 spiro atoms. The van der Waals surface area contributed by atoms with Crippen LogP contribution in [0.3, 0.4) is 0 Å². The van der Waals surface area contributed by atoms with Crippen LogP contribution in [0.2, 0.25) is 0 Å². The van der Waals surface area contributed by atoms with Gasteiger partial charge in [-0.25, -0.2) is 9.97 Å². The SMILES string of the molecule is c1ccc(-c2cc(-c3cccc4c3c3ccccc3n4-c3ccccc3)nc(-c3cccc4c3oc3ccccc34)n2)cc1. The Hall–Kier alpha value is -6.00. The van der Waals surface area contributed by atoms with Gasteiger partial charge in [0, 0.05) is 38.4 Å². The van der Waals surface area contributed by atoms with Crippen molar-refractivity contribution in [3.63, 3.8) is 0 Å². The fraction of sp³-hybridized carbons (Fsp3) is 0. The molecule has 206 valence electrons. The standard InChI is InChI=1S/C40H25N3O/c1-3-13-26(14-4-1)33-25-34(42-40(41-33)32-21-11-19-29-28-17-8-10-24-37(28)44-39(29)32)30-20-12-23-36-38(30)31-18-7-9-22-35(31)43(36)27-15-5-2-6-16-27/h1-25H. The van der Waals surface area contributed by atoms with Gasteiger partial charge in [-0.3, -0.25) is 0 Å². The largest absolute Gasteiger partial charge is 0.455 e. The van der Waals surface area contributed by atoms with E-state index in [0.29, 0.717) is 5.82 Å². The number of nitrogens with zero attached hydrogens (tertiary/aromatic N) is 3. The van der Waals surface area contributed by atoms with Crippen molar-refractivity contribution < 1.29 is 4.42 Å². The van der Waals surface area contributed by atoms with E-state index in [2.05, 4.69) is 120 Å². The predicted molar refractivity (Wildman–Crippen MR) is 180 cm³/mol. The molecule has 0 N–H and O–H groups in total. The molecule has 0 aliphatic carbocycles. The van der Waals surface area contributed by atoms with Crippen LogP contribution < -0.4 is 0 Å². The van der Waals surface area contributed by atoms with E-state index in [1.54, 1.807) is 0 Å². The lowest BCUT2D eigenvalue weighted by Crippen LogP contribution is -1.97. The van der Waals surface area contributed by atoms with Gasteiger partial charge in [0.1, 0.15) is 11.2 Å². The zero-order valence-corrected chi connectivity index (χ0v) is 23.7. The van der Waals surface area contributed by atoms with E-state index in [1.165, 1.54) is 5.39 Å². The predicted octanol–water partition coefficient (Wildman–Crippen LogP) is 10.5. The summed E-state index contributed by atoms with van der Waals surface area (Å²) in [4.78, 5) is 10.4. The van der Waals surface area contributed by atoms with Gasteiger partial charge in [0.25, 0.3) is 0 Å². The maximum absolute atomic E-state index is 6.43. The van der Waals surface area contributed by atoms with E-state index in [1.807, 2.05) is 36.4 Å². The van der Waals surface area contributed by atoms with Gasteiger partial charge in [0.05, 0.1) is 28.0 Å². The van der Waals surface area contributed by atoms with Gasteiger partial charge in [-0.15, -0.1) is 0 Å². The molecule has 0 radical (unpaired) electrons. The summed E-state index contributed by atoms with van der Waals surface area (Å²) in [6.45, 7) is 0. The van der Waals surface area contributed by atoms with Crippen molar-refractivity contribution in [3.05, 3.63) is 152 Å². The van der Waals surface area contributed by atoms with Crippen LogP contribution in [0.1, 0.15) is 0 Å². The third kappa shape index (κ3) is 3.78. The second-order valence-electron chi connectivity index (χ2n) is 11.0. The number of hydrogen-bond acceptors (Lipinski definition) is 3. The number of aromatic nitrogens is 3. The number of para-hydroxylation sites is 4. The van der Waals surface area contributed by atoms with Crippen molar-refractivity contribution in [1.29, 1.82) is 0 Å². The molecule has 0 aliphatic heterocycles. The maximum atomic E-state index is 6.43. The fourth-order valence-corrected chi connectivity index (χ4v) is 6.47. The number of rotatable bonds is 4. The average molecular weight is 564 g/mol. The Bertz CT molecular complexity index is 2490. The maximum Gasteiger partial charge on any atom is 0.164 e. The normalized spacial score (nSPS) is 11.6. The van der Waals surface area contributed by atoms with Crippen LogP contribution in [0.15, 0.2) is 156 Å². The van der Waals surface area contributed by atoms with Crippen molar-refractivity contribution in [3.8, 4) is 39.6 Å². The molecule has 0 fully saturated rings. The lowest BCUT2D eigenvalue weighted by molar-refractivity contribution is 0.669. The molecule has 0 unspecified atom stereocenters. The van der Waals surface area contributed by atoms with E-state index >= 15 is 0 Å². The number of hydrogen-bond donors (Lipinski definition) is 0. The van der Waals surface area contributed by atoms with E-state index in [4.69, 9.17) is 14.4 Å². The Morgan fingerprint density at radius 1 is 0.477 bits per heavy atom. The van der Waals surface area contributed by atoms with Crippen molar-refractivity contribution in [2.45, 2.75) is 0 Å². The first-order chi connectivity index (χ1) is 21.8. The molecule has 0 bridgehead atoms. The molecule has 0 saturated heterocycles. The molecule has 3 heterocycles. The van der Waals surface area contributed by atoms with Crippen molar-refractivity contribution in [1.82, 2.24) is 14.5 Å². The molecule has 0 saturated carbocycles. The Balaban J connectivity index is 1.35. The van der Waals surface area contributed by atoms with Gasteiger partial charge in [-0.1, -0.05) is 109 Å². The quantitative estimate of drug-likeness (QED) is 0.214. The highest BCUT2D eigenvalue weighted by atomic mass is 16.3. The molecule has 0 amide bonds. The molecule has 0 atom stereocenters. The Morgan fingerprint density at radius 3 is 1.98 bits per heavy atom. The third-order valence-electron chi connectivity index (χ3n) is 8.43. The van der Waals surface area contributed by atoms with Gasteiger partial charge >= 0.3 is 0 Å². The highest BCUT2D eigenvalue weighted by Crippen LogP contribution is 2.40. The smallest absolute Gasteiger partial charge is 0.164 e. The Morgan fingerprint density at radius 2 is 1.11 bits per heavy atom. The first kappa shape index (κ1) is 24.6. The summed E-state index contributed by atoms with van der Waals surface area (Å²) < 4.78 is 8.76. The van der Waals surface area contributed by atoms with Crippen LogP contribution in [0.4, 0.5) is 0 Å². The van der Waals surface area contributed by atoms with Crippen LogP contribution in [0, 0.1) is 0 Å². The monoisotopic (exact) mass is 563 g/mol. The number of fused-ring (bicyclic) bond motifs is 6. The van der Waals surface area contributed by atoms with E-state index in [9.17, 15) is 0 Å².